The number of carbonyl (C=O) groups is 2. The summed E-state index contributed by atoms with van der Waals surface area (Å²) in [6, 6.07) is 15.9. The monoisotopic (exact) mass is 462 g/mol. The van der Waals surface area contributed by atoms with E-state index >= 15 is 0 Å². The number of rotatable bonds is 6. The highest BCUT2D eigenvalue weighted by atomic mass is 32.1. The molecule has 0 atom stereocenters. The molecule has 1 fully saturated rings. The predicted molar refractivity (Wildman–Crippen MR) is 130 cm³/mol. The van der Waals surface area contributed by atoms with Gasteiger partial charge in [0.2, 0.25) is 11.8 Å². The average Bonchev–Trinajstić information content (AvgIpc) is 3.54. The number of para-hydroxylation sites is 1. The van der Waals surface area contributed by atoms with Gasteiger partial charge in [0.25, 0.3) is 0 Å². The summed E-state index contributed by atoms with van der Waals surface area (Å²) < 4.78 is 1.04. The van der Waals surface area contributed by atoms with Crippen LogP contribution < -0.4 is 9.80 Å². The minimum atomic E-state index is -0.0992. The van der Waals surface area contributed by atoms with Crippen LogP contribution in [-0.4, -0.2) is 28.3 Å². The number of thiazole rings is 2. The van der Waals surface area contributed by atoms with Crippen molar-refractivity contribution < 1.29 is 9.59 Å². The van der Waals surface area contributed by atoms with E-state index in [4.69, 9.17) is 4.98 Å². The van der Waals surface area contributed by atoms with E-state index in [2.05, 4.69) is 11.9 Å². The molecule has 0 saturated carbocycles. The van der Waals surface area contributed by atoms with Crippen LogP contribution in [0.3, 0.4) is 0 Å². The SMILES string of the molecule is CCc1ccc(N(C(=O)Cc2csc(N3CCCC3=O)n2)c2nc3ccccc3s2)cc1. The van der Waals surface area contributed by atoms with Crippen LogP contribution in [0.4, 0.5) is 16.0 Å². The van der Waals surface area contributed by atoms with Crippen molar-refractivity contribution in [2.24, 2.45) is 0 Å². The Hall–Kier alpha value is -3.10. The second-order valence-corrected chi connectivity index (χ2v) is 9.51. The van der Waals surface area contributed by atoms with Crippen molar-refractivity contribution in [3.05, 3.63) is 65.2 Å². The van der Waals surface area contributed by atoms with Crippen LogP contribution in [0.25, 0.3) is 10.2 Å². The molecule has 0 N–H and O–H groups in total. The van der Waals surface area contributed by atoms with E-state index in [1.165, 1.54) is 28.2 Å². The Balaban J connectivity index is 1.46. The van der Waals surface area contributed by atoms with E-state index in [1.807, 2.05) is 53.9 Å². The largest absolute Gasteiger partial charge is 0.288 e. The molecule has 0 radical (unpaired) electrons. The highest BCUT2D eigenvalue weighted by Crippen LogP contribution is 2.34. The lowest BCUT2D eigenvalue weighted by molar-refractivity contribution is -0.117. The minimum Gasteiger partial charge on any atom is -0.288 e. The third kappa shape index (κ3) is 4.03. The Bertz CT molecular complexity index is 1250. The fourth-order valence-electron chi connectivity index (χ4n) is 3.78. The van der Waals surface area contributed by atoms with Gasteiger partial charge in [-0.3, -0.25) is 19.4 Å². The van der Waals surface area contributed by atoms with Crippen LogP contribution in [0, 0.1) is 0 Å². The third-order valence-corrected chi connectivity index (χ3v) is 7.44. The number of anilines is 3. The first-order chi connectivity index (χ1) is 15.6. The molecule has 0 bridgehead atoms. The molecule has 0 spiro atoms. The number of fused-ring (bicyclic) bond motifs is 1. The zero-order valence-electron chi connectivity index (χ0n) is 17.7. The maximum absolute atomic E-state index is 13.5. The zero-order valence-corrected chi connectivity index (χ0v) is 19.3. The molecule has 162 valence electrons. The Morgan fingerprint density at radius 1 is 1.12 bits per heavy atom. The molecule has 2 aromatic heterocycles. The summed E-state index contributed by atoms with van der Waals surface area (Å²) in [5.41, 5.74) is 3.55. The number of hydrogen-bond donors (Lipinski definition) is 0. The van der Waals surface area contributed by atoms with Crippen molar-refractivity contribution in [1.29, 1.82) is 0 Å². The number of carbonyl (C=O) groups excluding carboxylic acids is 2. The maximum Gasteiger partial charge on any atom is 0.239 e. The molecule has 5 rings (SSSR count). The molecule has 2 aromatic carbocycles. The highest BCUT2D eigenvalue weighted by molar-refractivity contribution is 7.22. The predicted octanol–water partition coefficient (Wildman–Crippen LogP) is 5.35. The van der Waals surface area contributed by atoms with Gasteiger partial charge in [0.05, 0.1) is 28.0 Å². The van der Waals surface area contributed by atoms with E-state index in [0.29, 0.717) is 28.9 Å². The topological polar surface area (TPSA) is 66.4 Å². The van der Waals surface area contributed by atoms with Crippen LogP contribution in [-0.2, 0) is 22.4 Å². The lowest BCUT2D eigenvalue weighted by atomic mass is 10.1. The minimum absolute atomic E-state index is 0.0992. The van der Waals surface area contributed by atoms with Gasteiger partial charge in [0.1, 0.15) is 0 Å². The van der Waals surface area contributed by atoms with Gasteiger partial charge in [-0.05, 0) is 42.7 Å². The van der Waals surface area contributed by atoms with E-state index in [1.54, 1.807) is 9.80 Å². The summed E-state index contributed by atoms with van der Waals surface area (Å²) in [5, 5.41) is 3.19. The number of amides is 2. The molecule has 1 aliphatic rings. The quantitative estimate of drug-likeness (QED) is 0.387. The smallest absolute Gasteiger partial charge is 0.239 e. The fraction of sp³-hybridized carbons (Fsp3) is 0.250. The van der Waals surface area contributed by atoms with Gasteiger partial charge < -0.3 is 0 Å². The van der Waals surface area contributed by atoms with Crippen molar-refractivity contribution in [2.75, 3.05) is 16.3 Å². The Morgan fingerprint density at radius 2 is 1.94 bits per heavy atom. The molecule has 6 nitrogen and oxygen atoms in total. The van der Waals surface area contributed by atoms with Crippen LogP contribution in [0.1, 0.15) is 31.0 Å². The Morgan fingerprint density at radius 3 is 2.66 bits per heavy atom. The number of aromatic nitrogens is 2. The van der Waals surface area contributed by atoms with Crippen molar-refractivity contribution in [2.45, 2.75) is 32.6 Å². The first-order valence-corrected chi connectivity index (χ1v) is 12.3. The lowest BCUT2D eigenvalue weighted by Gasteiger charge is -2.20. The van der Waals surface area contributed by atoms with Gasteiger partial charge in [-0.2, -0.15) is 0 Å². The number of nitrogens with zero attached hydrogens (tertiary/aromatic N) is 4. The normalized spacial score (nSPS) is 13.8. The first kappa shape index (κ1) is 20.8. The van der Waals surface area contributed by atoms with E-state index < -0.39 is 0 Å². The standard InChI is InChI=1S/C24H22N4O2S2/c1-2-16-9-11-18(12-10-16)28(24-26-19-6-3-4-7-20(19)32-24)22(30)14-17-15-31-23(25-17)27-13-5-8-21(27)29/h3-4,6-7,9-12,15H,2,5,8,13-14H2,1H3. The van der Waals surface area contributed by atoms with Gasteiger partial charge in [-0.15, -0.1) is 11.3 Å². The van der Waals surface area contributed by atoms with Crippen LogP contribution in [0.15, 0.2) is 53.9 Å². The fourth-order valence-corrected chi connectivity index (χ4v) is 5.66. The van der Waals surface area contributed by atoms with Crippen molar-refractivity contribution in [3.8, 4) is 0 Å². The summed E-state index contributed by atoms with van der Waals surface area (Å²) >= 11 is 2.91. The Kier molecular flexibility index (Phi) is 5.71. The van der Waals surface area contributed by atoms with E-state index in [-0.39, 0.29) is 18.2 Å². The molecule has 0 aliphatic carbocycles. The molecule has 2 amide bonds. The summed E-state index contributed by atoms with van der Waals surface area (Å²) in [6.45, 7) is 2.80. The first-order valence-electron chi connectivity index (χ1n) is 10.6. The maximum atomic E-state index is 13.5. The molecular weight excluding hydrogens is 440 g/mol. The van der Waals surface area contributed by atoms with E-state index in [9.17, 15) is 9.59 Å². The molecule has 1 saturated heterocycles. The summed E-state index contributed by atoms with van der Waals surface area (Å²) in [5.74, 6) is 0.00208. The Labute approximate surface area is 194 Å². The van der Waals surface area contributed by atoms with Crippen molar-refractivity contribution in [3.63, 3.8) is 0 Å². The van der Waals surface area contributed by atoms with E-state index in [0.717, 1.165) is 28.7 Å². The van der Waals surface area contributed by atoms with Gasteiger partial charge in [0, 0.05) is 18.3 Å². The molecule has 3 heterocycles. The molecule has 1 aliphatic heterocycles. The second-order valence-electron chi connectivity index (χ2n) is 7.66. The summed E-state index contributed by atoms with van der Waals surface area (Å²) in [4.78, 5) is 38.3. The molecule has 0 unspecified atom stereocenters. The summed E-state index contributed by atoms with van der Waals surface area (Å²) in [7, 11) is 0. The highest BCUT2D eigenvalue weighted by Gasteiger charge is 2.26. The van der Waals surface area contributed by atoms with Crippen LogP contribution in [0.2, 0.25) is 0 Å². The number of hydrogen-bond acceptors (Lipinski definition) is 6. The zero-order chi connectivity index (χ0) is 22.1. The van der Waals surface area contributed by atoms with Crippen LogP contribution >= 0.6 is 22.7 Å². The summed E-state index contributed by atoms with van der Waals surface area (Å²) in [6.07, 6.45) is 2.50. The van der Waals surface area contributed by atoms with Crippen LogP contribution in [0.5, 0.6) is 0 Å². The average molecular weight is 463 g/mol. The third-order valence-electron chi connectivity index (χ3n) is 5.50. The van der Waals surface area contributed by atoms with Crippen molar-refractivity contribution in [1.82, 2.24) is 9.97 Å². The van der Waals surface area contributed by atoms with Gasteiger partial charge in [-0.1, -0.05) is 42.5 Å². The molecular formula is C24H22N4O2S2. The number of aryl methyl sites for hydroxylation is 1. The number of benzene rings is 2. The van der Waals surface area contributed by atoms with Gasteiger partial charge in [0.15, 0.2) is 10.3 Å². The molecule has 4 aromatic rings. The van der Waals surface area contributed by atoms with Crippen molar-refractivity contribution >= 4 is 60.7 Å². The lowest BCUT2D eigenvalue weighted by Crippen LogP contribution is -2.28. The van der Waals surface area contributed by atoms with Gasteiger partial charge in [-0.25, -0.2) is 9.97 Å². The molecule has 32 heavy (non-hydrogen) atoms. The second kappa shape index (κ2) is 8.80. The van der Waals surface area contributed by atoms with Gasteiger partial charge >= 0.3 is 0 Å². The molecule has 8 heteroatoms.